The molecule has 0 fully saturated rings. The van der Waals surface area contributed by atoms with E-state index in [1.165, 1.54) is 13.8 Å². The normalized spacial score (nSPS) is 20.7. The molecule has 0 heterocycles. The van der Waals surface area contributed by atoms with Gasteiger partial charge in [0.15, 0.2) is 0 Å². The highest BCUT2D eigenvalue weighted by Gasteiger charge is 2.33. The molecule has 3 nitrogen and oxygen atoms in total. The van der Waals surface area contributed by atoms with Crippen molar-refractivity contribution in [3.63, 3.8) is 0 Å². The van der Waals surface area contributed by atoms with Crippen LogP contribution in [0.15, 0.2) is 12.8 Å². The Bertz CT molecular complexity index is 193. The Morgan fingerprint density at radius 3 is 2.25 bits per heavy atom. The lowest BCUT2D eigenvalue weighted by Gasteiger charge is -2.19. The van der Waals surface area contributed by atoms with E-state index in [9.17, 15) is 4.57 Å². The van der Waals surface area contributed by atoms with E-state index in [1.807, 2.05) is 0 Å². The molecule has 0 N–H and O–H groups in total. The van der Waals surface area contributed by atoms with Crippen LogP contribution in [0.25, 0.3) is 0 Å². The van der Waals surface area contributed by atoms with Gasteiger partial charge in [0.1, 0.15) is 10.7 Å². The number of hydrogen-bond acceptors (Lipinski definition) is 3. The standard InChI is InChI=1S/C6H11Cl2O3P/c1-4-10-12(9,6(3)8)11-5(2)7/h4-6H,1H2,2-3H3. The molecule has 0 aromatic rings. The molecule has 0 aliphatic heterocycles. The van der Waals surface area contributed by atoms with Crippen LogP contribution in [-0.4, -0.2) is 10.7 Å². The third-order valence-electron chi connectivity index (χ3n) is 0.949. The molecule has 0 spiro atoms. The summed E-state index contributed by atoms with van der Waals surface area (Å²) in [7, 11) is -3.33. The van der Waals surface area contributed by atoms with E-state index in [2.05, 4.69) is 11.1 Å². The quantitative estimate of drug-likeness (QED) is 0.414. The van der Waals surface area contributed by atoms with Gasteiger partial charge in [0.2, 0.25) is 0 Å². The molecule has 0 aliphatic carbocycles. The first kappa shape index (κ1) is 12.3. The minimum absolute atomic E-state index is 0.711. The molecule has 12 heavy (non-hydrogen) atoms. The van der Waals surface area contributed by atoms with Gasteiger partial charge in [-0.05, 0) is 13.8 Å². The van der Waals surface area contributed by atoms with Crippen molar-refractivity contribution in [2.75, 3.05) is 0 Å². The van der Waals surface area contributed by atoms with E-state index in [0.29, 0.717) is 0 Å². The maximum Gasteiger partial charge on any atom is 0.397 e. The van der Waals surface area contributed by atoms with Crippen LogP contribution in [0.4, 0.5) is 0 Å². The monoisotopic (exact) mass is 232 g/mol. The van der Waals surface area contributed by atoms with Gasteiger partial charge in [-0.2, -0.15) is 0 Å². The van der Waals surface area contributed by atoms with Crippen LogP contribution >= 0.6 is 30.8 Å². The minimum Gasteiger partial charge on any atom is -0.432 e. The van der Waals surface area contributed by atoms with Gasteiger partial charge in [0, 0.05) is 0 Å². The molecule has 0 aromatic heterocycles. The lowest BCUT2D eigenvalue weighted by molar-refractivity contribution is 0.237. The molecule has 0 aliphatic rings. The summed E-state index contributed by atoms with van der Waals surface area (Å²) in [6.45, 7) is 6.29. The average molecular weight is 233 g/mol. The summed E-state index contributed by atoms with van der Waals surface area (Å²) in [6.07, 6.45) is 1.03. The molecular formula is C6H11Cl2O3P. The van der Waals surface area contributed by atoms with E-state index in [0.717, 1.165) is 6.26 Å². The average Bonchev–Trinajstić information content (AvgIpc) is 1.85. The Balaban J connectivity index is 4.39. The van der Waals surface area contributed by atoms with Crippen LogP contribution < -0.4 is 0 Å². The van der Waals surface area contributed by atoms with Crippen molar-refractivity contribution in [2.24, 2.45) is 0 Å². The maximum atomic E-state index is 11.6. The molecule has 0 saturated carbocycles. The summed E-state index contributed by atoms with van der Waals surface area (Å²) < 4.78 is 21.1. The summed E-state index contributed by atoms with van der Waals surface area (Å²) in [6, 6.07) is 0. The van der Waals surface area contributed by atoms with Gasteiger partial charge < -0.3 is 4.52 Å². The van der Waals surface area contributed by atoms with E-state index in [-0.39, 0.29) is 0 Å². The highest BCUT2D eigenvalue weighted by Crippen LogP contribution is 2.56. The van der Waals surface area contributed by atoms with Crippen LogP contribution in [0, 0.1) is 0 Å². The summed E-state index contributed by atoms with van der Waals surface area (Å²) in [5.41, 5.74) is -0.711. The summed E-state index contributed by atoms with van der Waals surface area (Å²) in [4.78, 5) is 0. The van der Waals surface area contributed by atoms with Crippen molar-refractivity contribution in [3.05, 3.63) is 12.8 Å². The Labute approximate surface area is 82.2 Å². The molecule has 0 radical (unpaired) electrons. The van der Waals surface area contributed by atoms with Gasteiger partial charge >= 0.3 is 7.60 Å². The van der Waals surface area contributed by atoms with E-state index < -0.39 is 18.3 Å². The van der Waals surface area contributed by atoms with Gasteiger partial charge in [-0.15, -0.1) is 11.6 Å². The first-order chi connectivity index (χ1) is 5.42. The van der Waals surface area contributed by atoms with Gasteiger partial charge in [-0.25, -0.2) is 4.57 Å². The lowest BCUT2D eigenvalue weighted by atomic mass is 10.9. The molecule has 0 aromatic carbocycles. The first-order valence-corrected chi connectivity index (χ1v) is 5.76. The Morgan fingerprint density at radius 2 is 2.00 bits per heavy atom. The Hall–Kier alpha value is 0.310. The van der Waals surface area contributed by atoms with Crippen molar-refractivity contribution >= 4 is 30.8 Å². The fraction of sp³-hybridized carbons (Fsp3) is 0.667. The van der Waals surface area contributed by atoms with Gasteiger partial charge in [-0.3, -0.25) is 4.52 Å². The number of alkyl halides is 2. The summed E-state index contributed by atoms with van der Waals surface area (Å²) in [5.74, 6) is 0. The third-order valence-corrected chi connectivity index (χ3v) is 3.80. The fourth-order valence-electron chi connectivity index (χ4n) is 0.499. The second-order valence-electron chi connectivity index (χ2n) is 2.03. The zero-order valence-electron chi connectivity index (χ0n) is 6.87. The smallest absolute Gasteiger partial charge is 0.397 e. The molecular weight excluding hydrogens is 222 g/mol. The van der Waals surface area contributed by atoms with Crippen LogP contribution in [0.5, 0.6) is 0 Å². The van der Waals surface area contributed by atoms with Crippen molar-refractivity contribution in [2.45, 2.75) is 24.5 Å². The first-order valence-electron chi connectivity index (χ1n) is 3.28. The van der Waals surface area contributed by atoms with E-state index >= 15 is 0 Å². The van der Waals surface area contributed by atoms with Gasteiger partial charge in [0.25, 0.3) is 0 Å². The molecule has 3 unspecified atom stereocenters. The predicted octanol–water partition coefficient (Wildman–Crippen LogP) is 3.53. The summed E-state index contributed by atoms with van der Waals surface area (Å²) in [5, 5.41) is -0.753. The van der Waals surface area contributed by atoms with Gasteiger partial charge in [0.05, 0.1) is 6.26 Å². The summed E-state index contributed by atoms with van der Waals surface area (Å²) >= 11 is 11.1. The van der Waals surface area contributed by atoms with Crippen molar-refractivity contribution in [3.8, 4) is 0 Å². The van der Waals surface area contributed by atoms with Crippen molar-refractivity contribution < 1.29 is 13.6 Å². The van der Waals surface area contributed by atoms with Crippen molar-refractivity contribution in [1.29, 1.82) is 0 Å². The van der Waals surface area contributed by atoms with E-state index in [4.69, 9.17) is 27.7 Å². The molecule has 0 rings (SSSR count). The third kappa shape index (κ3) is 3.81. The fourth-order valence-corrected chi connectivity index (χ4v) is 2.11. The molecule has 0 saturated heterocycles. The molecule has 0 bridgehead atoms. The van der Waals surface area contributed by atoms with E-state index in [1.54, 1.807) is 0 Å². The largest absolute Gasteiger partial charge is 0.432 e. The number of halogens is 2. The topological polar surface area (TPSA) is 35.5 Å². The second kappa shape index (κ2) is 5.13. The highest BCUT2D eigenvalue weighted by molar-refractivity contribution is 7.56. The zero-order valence-corrected chi connectivity index (χ0v) is 9.27. The SMILES string of the molecule is C=COP(=O)(OC(C)Cl)C(C)Cl. The molecule has 0 amide bonds. The maximum absolute atomic E-state index is 11.6. The van der Waals surface area contributed by atoms with Gasteiger partial charge in [-0.1, -0.05) is 18.2 Å². The Morgan fingerprint density at radius 1 is 1.50 bits per heavy atom. The van der Waals surface area contributed by atoms with Crippen LogP contribution in [-0.2, 0) is 13.6 Å². The molecule has 72 valence electrons. The lowest BCUT2D eigenvalue weighted by Crippen LogP contribution is -2.05. The Kier molecular flexibility index (Phi) is 5.26. The van der Waals surface area contributed by atoms with Crippen LogP contribution in [0.1, 0.15) is 13.8 Å². The predicted molar refractivity (Wildman–Crippen MR) is 50.6 cm³/mol. The number of hydrogen-bond donors (Lipinski definition) is 0. The zero-order chi connectivity index (χ0) is 9.78. The molecule has 3 atom stereocenters. The highest BCUT2D eigenvalue weighted by atomic mass is 35.5. The number of rotatable bonds is 5. The van der Waals surface area contributed by atoms with Crippen LogP contribution in [0.2, 0.25) is 0 Å². The van der Waals surface area contributed by atoms with Crippen LogP contribution in [0.3, 0.4) is 0 Å². The van der Waals surface area contributed by atoms with Crippen molar-refractivity contribution in [1.82, 2.24) is 0 Å². The minimum atomic E-state index is -3.33. The second-order valence-corrected chi connectivity index (χ2v) is 5.88. The molecule has 6 heteroatoms.